The molecule has 0 aliphatic heterocycles. The van der Waals surface area contributed by atoms with Gasteiger partial charge in [0.05, 0.1) is 6.10 Å². The van der Waals surface area contributed by atoms with Crippen molar-refractivity contribution >= 4 is 0 Å². The van der Waals surface area contributed by atoms with E-state index in [0.29, 0.717) is 5.92 Å². The molecule has 9 heavy (non-hydrogen) atoms. The second kappa shape index (κ2) is 7.88. The minimum absolute atomic E-state index is 0.125. The molecule has 0 amide bonds. The Morgan fingerprint density at radius 2 is 1.56 bits per heavy atom. The molecule has 58 valence electrons. The molecule has 0 aliphatic rings. The number of hydrogen-bond acceptors (Lipinski definition) is 3. The van der Waals surface area contributed by atoms with E-state index in [1.54, 1.807) is 0 Å². The first kappa shape index (κ1) is 11.6. The van der Waals surface area contributed by atoms with E-state index in [9.17, 15) is 0 Å². The van der Waals surface area contributed by atoms with Crippen LogP contribution in [0.2, 0.25) is 0 Å². The molecule has 5 N–H and O–H groups in total. The van der Waals surface area contributed by atoms with Crippen LogP contribution in [-0.2, 0) is 0 Å². The van der Waals surface area contributed by atoms with Crippen molar-refractivity contribution in [2.45, 2.75) is 33.3 Å². The summed E-state index contributed by atoms with van der Waals surface area (Å²) in [7, 11) is 0. The van der Waals surface area contributed by atoms with Crippen LogP contribution >= 0.6 is 0 Å². The van der Waals surface area contributed by atoms with Crippen molar-refractivity contribution in [3.63, 3.8) is 0 Å². The van der Waals surface area contributed by atoms with Crippen molar-refractivity contribution in [1.29, 1.82) is 0 Å². The summed E-state index contributed by atoms with van der Waals surface area (Å²) in [4.78, 5) is 0. The van der Waals surface area contributed by atoms with Gasteiger partial charge in [0.25, 0.3) is 0 Å². The van der Waals surface area contributed by atoms with Crippen LogP contribution in [0.4, 0.5) is 0 Å². The monoisotopic (exact) mass is 134 g/mol. The number of aliphatic hydroxyl groups is 1. The van der Waals surface area contributed by atoms with Crippen molar-refractivity contribution in [3.05, 3.63) is 0 Å². The fourth-order valence-electron chi connectivity index (χ4n) is 0.682. The summed E-state index contributed by atoms with van der Waals surface area (Å²) in [5.74, 6) is 8.62. The summed E-state index contributed by atoms with van der Waals surface area (Å²) < 4.78 is 0. The van der Waals surface area contributed by atoms with Crippen LogP contribution in [0.5, 0.6) is 0 Å². The quantitative estimate of drug-likeness (QED) is 0.374. The van der Waals surface area contributed by atoms with Crippen LogP contribution in [0.25, 0.3) is 0 Å². The maximum absolute atomic E-state index is 8.72. The topological polar surface area (TPSA) is 72.3 Å². The van der Waals surface area contributed by atoms with Crippen molar-refractivity contribution < 1.29 is 5.11 Å². The molecule has 0 aromatic rings. The molecule has 0 rings (SSSR count). The van der Waals surface area contributed by atoms with E-state index in [4.69, 9.17) is 5.11 Å². The minimum atomic E-state index is -0.125. The molecule has 3 nitrogen and oxygen atoms in total. The molecule has 0 saturated carbocycles. The van der Waals surface area contributed by atoms with Crippen molar-refractivity contribution in [2.24, 2.45) is 17.6 Å². The van der Waals surface area contributed by atoms with Crippen LogP contribution in [0.1, 0.15) is 27.2 Å². The van der Waals surface area contributed by atoms with Gasteiger partial charge in [-0.25, -0.2) is 0 Å². The van der Waals surface area contributed by atoms with Crippen LogP contribution in [0.15, 0.2) is 0 Å². The Labute approximate surface area is 57.0 Å². The average molecular weight is 134 g/mol. The first-order chi connectivity index (χ1) is 4.13. The molecule has 0 aliphatic carbocycles. The summed E-state index contributed by atoms with van der Waals surface area (Å²) in [6.45, 7) is 6.03. The largest absolute Gasteiger partial charge is 0.393 e. The third-order valence-corrected chi connectivity index (χ3v) is 0.813. The minimum Gasteiger partial charge on any atom is -0.393 e. The predicted molar refractivity (Wildman–Crippen MR) is 39.5 cm³/mol. The van der Waals surface area contributed by atoms with Gasteiger partial charge < -0.3 is 5.11 Å². The Morgan fingerprint density at radius 3 is 1.56 bits per heavy atom. The van der Waals surface area contributed by atoms with E-state index in [1.807, 2.05) is 6.92 Å². The van der Waals surface area contributed by atoms with Gasteiger partial charge in [-0.3, -0.25) is 11.7 Å². The van der Waals surface area contributed by atoms with Crippen molar-refractivity contribution in [2.75, 3.05) is 0 Å². The van der Waals surface area contributed by atoms with E-state index in [-0.39, 0.29) is 6.10 Å². The van der Waals surface area contributed by atoms with Gasteiger partial charge in [-0.2, -0.15) is 0 Å². The maximum atomic E-state index is 8.72. The normalized spacial score (nSPS) is 12.3. The summed E-state index contributed by atoms with van der Waals surface area (Å²) in [6, 6.07) is 0. The van der Waals surface area contributed by atoms with E-state index in [2.05, 4.69) is 25.5 Å². The Hall–Kier alpha value is -0.120. The van der Waals surface area contributed by atoms with Gasteiger partial charge >= 0.3 is 0 Å². The van der Waals surface area contributed by atoms with Crippen LogP contribution in [0, 0.1) is 5.92 Å². The first-order valence-corrected chi connectivity index (χ1v) is 3.14. The average Bonchev–Trinajstić information content (AvgIpc) is 1.68. The standard InChI is InChI=1S/C6H14O.H4N2/c1-5(2)4-6(3)7;1-2/h5-7H,4H2,1-3H3;1-2H2. The Bertz CT molecular complexity index is 40.3. The third kappa shape index (κ3) is 18.1. The van der Waals surface area contributed by atoms with Crippen molar-refractivity contribution in [3.8, 4) is 0 Å². The van der Waals surface area contributed by atoms with E-state index in [1.165, 1.54) is 0 Å². The summed E-state index contributed by atoms with van der Waals surface area (Å²) in [6.07, 6.45) is 0.792. The highest BCUT2D eigenvalue weighted by Gasteiger charge is 1.97. The maximum Gasteiger partial charge on any atom is 0.0514 e. The lowest BCUT2D eigenvalue weighted by Gasteiger charge is -2.04. The molecule has 0 spiro atoms. The third-order valence-electron chi connectivity index (χ3n) is 0.813. The van der Waals surface area contributed by atoms with Gasteiger partial charge in [-0.15, -0.1) is 0 Å². The molecule has 0 saturated heterocycles. The molecule has 0 aromatic heterocycles. The molecular formula is C6H18N2O. The Morgan fingerprint density at radius 1 is 1.22 bits per heavy atom. The highest BCUT2D eigenvalue weighted by molar-refractivity contribution is 4.49. The lowest BCUT2D eigenvalue weighted by atomic mass is 10.1. The van der Waals surface area contributed by atoms with Gasteiger partial charge in [0, 0.05) is 0 Å². The Kier molecular flexibility index (Phi) is 10.2. The zero-order valence-electron chi connectivity index (χ0n) is 6.46. The number of rotatable bonds is 2. The molecule has 1 atom stereocenters. The summed E-state index contributed by atoms with van der Waals surface area (Å²) >= 11 is 0. The van der Waals surface area contributed by atoms with Crippen LogP contribution in [-0.4, -0.2) is 11.2 Å². The van der Waals surface area contributed by atoms with Crippen molar-refractivity contribution in [1.82, 2.24) is 0 Å². The summed E-state index contributed by atoms with van der Waals surface area (Å²) in [5.41, 5.74) is 0. The van der Waals surface area contributed by atoms with Gasteiger partial charge in [-0.1, -0.05) is 13.8 Å². The molecule has 0 fully saturated rings. The highest BCUT2D eigenvalue weighted by Crippen LogP contribution is 2.01. The number of hydrazine groups is 1. The molecule has 0 aromatic carbocycles. The lowest BCUT2D eigenvalue weighted by molar-refractivity contribution is 0.168. The molecule has 0 radical (unpaired) electrons. The van der Waals surface area contributed by atoms with Crippen LogP contribution in [0.3, 0.4) is 0 Å². The zero-order chi connectivity index (χ0) is 7.86. The Balaban J connectivity index is 0. The fraction of sp³-hybridized carbons (Fsp3) is 1.00. The lowest BCUT2D eigenvalue weighted by Crippen LogP contribution is -2.03. The fourth-order valence-corrected chi connectivity index (χ4v) is 0.682. The number of aliphatic hydroxyl groups excluding tert-OH is 1. The first-order valence-electron chi connectivity index (χ1n) is 3.14. The van der Waals surface area contributed by atoms with Gasteiger partial charge in [-0.05, 0) is 19.3 Å². The molecule has 3 heteroatoms. The summed E-state index contributed by atoms with van der Waals surface area (Å²) in [5, 5.41) is 8.72. The van der Waals surface area contributed by atoms with Gasteiger partial charge in [0.1, 0.15) is 0 Å². The molecule has 0 heterocycles. The zero-order valence-corrected chi connectivity index (χ0v) is 6.46. The smallest absolute Gasteiger partial charge is 0.0514 e. The SMILES string of the molecule is CC(C)CC(C)O.NN. The second-order valence-electron chi connectivity index (χ2n) is 2.48. The second-order valence-corrected chi connectivity index (χ2v) is 2.48. The van der Waals surface area contributed by atoms with E-state index >= 15 is 0 Å². The van der Waals surface area contributed by atoms with Gasteiger partial charge in [0.2, 0.25) is 0 Å². The van der Waals surface area contributed by atoms with Crippen LogP contribution < -0.4 is 11.7 Å². The highest BCUT2D eigenvalue weighted by atomic mass is 16.3. The molecule has 1 unspecified atom stereocenters. The number of hydrogen-bond donors (Lipinski definition) is 3. The molecule has 0 bridgehead atoms. The van der Waals surface area contributed by atoms with E-state index in [0.717, 1.165) is 6.42 Å². The van der Waals surface area contributed by atoms with Gasteiger partial charge in [0.15, 0.2) is 0 Å². The predicted octanol–water partition coefficient (Wildman–Crippen LogP) is 0.232. The van der Waals surface area contributed by atoms with E-state index < -0.39 is 0 Å². The molecular weight excluding hydrogens is 116 g/mol. The number of nitrogens with two attached hydrogens (primary N) is 2.